The van der Waals surface area contributed by atoms with Crippen LogP contribution >= 0.6 is 0 Å². The van der Waals surface area contributed by atoms with Crippen molar-refractivity contribution in [2.45, 2.75) is 43.9 Å². The van der Waals surface area contributed by atoms with Crippen molar-refractivity contribution in [3.05, 3.63) is 42.7 Å². The maximum absolute atomic E-state index is 13.1. The first-order valence-electron chi connectivity index (χ1n) is 9.71. The standard InChI is InChI=1S/C19H20F3N7/c20-19(21,22)16-11-17(25-12-24-16)29(13-1-2-13)14-4-8-27(9-5-14)18-15-3-6-26-28(15)10-7-23-18/h3,6-7,10-14H,1-2,4-5,8-9H2. The fourth-order valence-electron chi connectivity index (χ4n) is 4.11. The van der Waals surface area contributed by atoms with Crippen LogP contribution in [0.2, 0.25) is 0 Å². The first-order valence-corrected chi connectivity index (χ1v) is 9.71. The Morgan fingerprint density at radius 2 is 1.72 bits per heavy atom. The number of anilines is 2. The molecule has 4 heterocycles. The van der Waals surface area contributed by atoms with E-state index in [2.05, 4.69) is 29.9 Å². The Morgan fingerprint density at radius 3 is 2.45 bits per heavy atom. The van der Waals surface area contributed by atoms with Crippen LogP contribution in [0.1, 0.15) is 31.4 Å². The average molecular weight is 403 g/mol. The summed E-state index contributed by atoms with van der Waals surface area (Å²) in [6.45, 7) is 1.56. The number of hydrogen-bond donors (Lipinski definition) is 0. The Balaban J connectivity index is 1.35. The Kier molecular flexibility index (Phi) is 4.29. The van der Waals surface area contributed by atoms with Crippen molar-refractivity contribution >= 4 is 17.2 Å². The van der Waals surface area contributed by atoms with Gasteiger partial charge in [-0.2, -0.15) is 18.3 Å². The molecule has 0 aromatic carbocycles. The van der Waals surface area contributed by atoms with Gasteiger partial charge in [-0.3, -0.25) is 0 Å². The van der Waals surface area contributed by atoms with Crippen LogP contribution in [0, 0.1) is 0 Å². The normalized spacial score (nSPS) is 18.4. The number of aromatic nitrogens is 5. The molecule has 0 amide bonds. The van der Waals surface area contributed by atoms with Gasteiger partial charge < -0.3 is 9.80 Å². The van der Waals surface area contributed by atoms with E-state index in [1.165, 1.54) is 0 Å². The first-order chi connectivity index (χ1) is 14.0. The van der Waals surface area contributed by atoms with E-state index in [1.54, 1.807) is 16.9 Å². The smallest absolute Gasteiger partial charge is 0.355 e. The largest absolute Gasteiger partial charge is 0.433 e. The summed E-state index contributed by atoms with van der Waals surface area (Å²) in [7, 11) is 0. The molecular formula is C19H20F3N7. The maximum atomic E-state index is 13.1. The molecule has 0 spiro atoms. The van der Waals surface area contributed by atoms with Gasteiger partial charge in [0.1, 0.15) is 23.4 Å². The number of fused-ring (bicyclic) bond motifs is 1. The van der Waals surface area contributed by atoms with Crippen LogP contribution < -0.4 is 9.80 Å². The molecule has 3 aromatic rings. The minimum absolute atomic E-state index is 0.152. The predicted octanol–water partition coefficient (Wildman–Crippen LogP) is 3.18. The van der Waals surface area contributed by atoms with E-state index >= 15 is 0 Å². The zero-order valence-corrected chi connectivity index (χ0v) is 15.6. The van der Waals surface area contributed by atoms with Gasteiger partial charge >= 0.3 is 6.18 Å². The summed E-state index contributed by atoms with van der Waals surface area (Å²) in [5, 5.41) is 4.25. The van der Waals surface area contributed by atoms with Crippen LogP contribution in [0.25, 0.3) is 5.52 Å². The molecule has 7 nitrogen and oxygen atoms in total. The number of alkyl halides is 3. The highest BCUT2D eigenvalue weighted by Gasteiger charge is 2.39. The van der Waals surface area contributed by atoms with Gasteiger partial charge in [-0.1, -0.05) is 0 Å². The van der Waals surface area contributed by atoms with Gasteiger partial charge in [0.05, 0.1) is 6.20 Å². The van der Waals surface area contributed by atoms with Crippen molar-refractivity contribution in [3.8, 4) is 0 Å². The van der Waals surface area contributed by atoms with E-state index < -0.39 is 11.9 Å². The molecule has 1 saturated carbocycles. The maximum Gasteiger partial charge on any atom is 0.433 e. The average Bonchev–Trinajstić information content (AvgIpc) is 3.43. The third-order valence-electron chi connectivity index (χ3n) is 5.61. The second-order valence-electron chi connectivity index (χ2n) is 7.53. The van der Waals surface area contributed by atoms with Crippen LogP contribution in [0.4, 0.5) is 24.8 Å². The van der Waals surface area contributed by atoms with Crippen LogP contribution in [0.5, 0.6) is 0 Å². The van der Waals surface area contributed by atoms with Crippen LogP contribution in [-0.2, 0) is 6.18 Å². The summed E-state index contributed by atoms with van der Waals surface area (Å²) in [5.41, 5.74) is 0.0674. The second kappa shape index (κ2) is 6.85. The summed E-state index contributed by atoms with van der Waals surface area (Å²) in [5.74, 6) is 1.27. The molecule has 0 atom stereocenters. The molecule has 1 aliphatic heterocycles. The molecule has 152 valence electrons. The number of halogens is 3. The third kappa shape index (κ3) is 3.47. The zero-order valence-electron chi connectivity index (χ0n) is 15.6. The molecule has 2 aliphatic rings. The number of hydrogen-bond acceptors (Lipinski definition) is 6. The molecule has 0 N–H and O–H groups in total. The third-order valence-corrected chi connectivity index (χ3v) is 5.61. The lowest BCUT2D eigenvalue weighted by molar-refractivity contribution is -0.141. The van der Waals surface area contributed by atoms with Crippen molar-refractivity contribution in [1.82, 2.24) is 24.6 Å². The highest BCUT2D eigenvalue weighted by Crippen LogP contribution is 2.37. The molecule has 1 saturated heterocycles. The summed E-state index contributed by atoms with van der Waals surface area (Å²) >= 11 is 0. The summed E-state index contributed by atoms with van der Waals surface area (Å²) in [6, 6.07) is 3.43. The van der Waals surface area contributed by atoms with Gasteiger partial charge in [0.25, 0.3) is 0 Å². The van der Waals surface area contributed by atoms with Gasteiger partial charge in [-0.15, -0.1) is 0 Å². The second-order valence-corrected chi connectivity index (χ2v) is 7.53. The minimum Gasteiger partial charge on any atom is -0.355 e. The van der Waals surface area contributed by atoms with Crippen molar-refractivity contribution < 1.29 is 13.2 Å². The number of rotatable bonds is 4. The first kappa shape index (κ1) is 18.1. The lowest BCUT2D eigenvalue weighted by atomic mass is 10.0. The predicted molar refractivity (Wildman–Crippen MR) is 101 cm³/mol. The molecule has 29 heavy (non-hydrogen) atoms. The molecule has 0 bridgehead atoms. The SMILES string of the molecule is FC(F)(F)c1cc(N(C2CC2)C2CCN(c3nccn4nccc34)CC2)ncn1. The molecule has 1 aliphatic carbocycles. The lowest BCUT2D eigenvalue weighted by Crippen LogP contribution is -2.46. The van der Waals surface area contributed by atoms with Crippen LogP contribution in [-0.4, -0.2) is 49.7 Å². The Hall–Kier alpha value is -2.91. The lowest BCUT2D eigenvalue weighted by Gasteiger charge is -2.40. The van der Waals surface area contributed by atoms with E-state index in [1.807, 2.05) is 12.3 Å². The number of piperidine rings is 1. The Labute approximate surface area is 165 Å². The zero-order chi connectivity index (χ0) is 20.0. The van der Waals surface area contributed by atoms with Gasteiger partial charge in [0.2, 0.25) is 0 Å². The van der Waals surface area contributed by atoms with Gasteiger partial charge in [-0.25, -0.2) is 19.5 Å². The summed E-state index contributed by atoms with van der Waals surface area (Å²) < 4.78 is 41.1. The van der Waals surface area contributed by atoms with E-state index in [0.717, 1.165) is 62.5 Å². The Morgan fingerprint density at radius 1 is 0.966 bits per heavy atom. The summed E-state index contributed by atoms with van der Waals surface area (Å²) in [4.78, 5) is 16.4. The molecule has 2 fully saturated rings. The summed E-state index contributed by atoms with van der Waals surface area (Å²) in [6.07, 6.45) is 5.49. The van der Waals surface area contributed by atoms with Gasteiger partial charge in [0, 0.05) is 43.6 Å². The topological polar surface area (TPSA) is 62.5 Å². The molecule has 3 aromatic heterocycles. The van der Waals surface area contributed by atoms with Crippen LogP contribution in [0.15, 0.2) is 37.1 Å². The van der Waals surface area contributed by atoms with E-state index in [0.29, 0.717) is 5.82 Å². The van der Waals surface area contributed by atoms with Crippen molar-refractivity contribution in [3.63, 3.8) is 0 Å². The van der Waals surface area contributed by atoms with Crippen molar-refractivity contribution in [1.29, 1.82) is 0 Å². The van der Waals surface area contributed by atoms with Crippen molar-refractivity contribution in [2.75, 3.05) is 22.9 Å². The monoisotopic (exact) mass is 403 g/mol. The highest BCUT2D eigenvalue weighted by atomic mass is 19.4. The molecule has 0 radical (unpaired) electrons. The van der Waals surface area contributed by atoms with Gasteiger partial charge in [-0.05, 0) is 31.7 Å². The van der Waals surface area contributed by atoms with E-state index in [-0.39, 0.29) is 12.1 Å². The fraction of sp³-hybridized carbons (Fsp3) is 0.474. The molecule has 5 rings (SSSR count). The van der Waals surface area contributed by atoms with E-state index in [4.69, 9.17) is 0 Å². The number of nitrogens with zero attached hydrogens (tertiary/aromatic N) is 7. The quantitative estimate of drug-likeness (QED) is 0.667. The molecule has 10 heteroatoms. The molecule has 0 unspecified atom stereocenters. The van der Waals surface area contributed by atoms with Crippen LogP contribution in [0.3, 0.4) is 0 Å². The molecular weight excluding hydrogens is 383 g/mol. The Bertz CT molecular complexity index is 1010. The fourth-order valence-corrected chi connectivity index (χ4v) is 4.11. The van der Waals surface area contributed by atoms with Crippen molar-refractivity contribution in [2.24, 2.45) is 0 Å². The highest BCUT2D eigenvalue weighted by molar-refractivity contribution is 5.68. The van der Waals surface area contributed by atoms with E-state index in [9.17, 15) is 13.2 Å². The minimum atomic E-state index is -4.47. The van der Waals surface area contributed by atoms with Gasteiger partial charge in [0.15, 0.2) is 5.82 Å².